The molecule has 0 bridgehead atoms. The van der Waals surface area contributed by atoms with E-state index in [2.05, 4.69) is 40.7 Å². The Labute approximate surface area is 127 Å². The van der Waals surface area contributed by atoms with Crippen molar-refractivity contribution in [3.8, 4) is 0 Å². The summed E-state index contributed by atoms with van der Waals surface area (Å²) in [6.45, 7) is 11.7. The average Bonchev–Trinajstić information content (AvgIpc) is 2.55. The summed E-state index contributed by atoms with van der Waals surface area (Å²) in [5, 5.41) is 11.6. The van der Waals surface area contributed by atoms with E-state index in [9.17, 15) is 0 Å². The third-order valence-corrected chi connectivity index (χ3v) is 3.65. The lowest BCUT2D eigenvalue weighted by molar-refractivity contribution is 0.300. The van der Waals surface area contributed by atoms with Crippen LogP contribution in [-0.4, -0.2) is 53.7 Å². The van der Waals surface area contributed by atoms with E-state index in [1.807, 2.05) is 12.1 Å². The van der Waals surface area contributed by atoms with Crippen LogP contribution in [0.25, 0.3) is 0 Å². The fraction of sp³-hybridized carbons (Fsp3) is 0.600. The summed E-state index contributed by atoms with van der Waals surface area (Å²) in [5.74, 6) is 1.00. The van der Waals surface area contributed by atoms with E-state index in [1.165, 1.54) is 0 Å². The maximum absolute atomic E-state index is 8.65. The number of pyridine rings is 1. The summed E-state index contributed by atoms with van der Waals surface area (Å²) >= 11 is 0. The van der Waals surface area contributed by atoms with Gasteiger partial charge in [-0.2, -0.15) is 0 Å². The Morgan fingerprint density at radius 2 is 1.90 bits per heavy atom. The molecule has 0 aromatic carbocycles. The highest BCUT2D eigenvalue weighted by molar-refractivity contribution is 5.96. The summed E-state index contributed by atoms with van der Waals surface area (Å²) in [7, 11) is 0. The average molecular weight is 293 g/mol. The Bertz CT molecular complexity index is 428. The molecule has 6 heteroatoms. The minimum Gasteiger partial charge on any atom is -0.409 e. The van der Waals surface area contributed by atoms with Gasteiger partial charge in [0.1, 0.15) is 5.82 Å². The van der Waals surface area contributed by atoms with Crippen molar-refractivity contribution in [3.63, 3.8) is 0 Å². The summed E-state index contributed by atoms with van der Waals surface area (Å²) in [6, 6.07) is 3.73. The molecule has 0 radical (unpaired) electrons. The molecule has 1 heterocycles. The molecule has 0 unspecified atom stereocenters. The number of nitrogens with two attached hydrogens (primary N) is 1. The van der Waals surface area contributed by atoms with Crippen LogP contribution in [0.4, 0.5) is 5.82 Å². The Kier molecular flexibility index (Phi) is 7.53. The van der Waals surface area contributed by atoms with Gasteiger partial charge in [-0.3, -0.25) is 0 Å². The molecule has 0 saturated heterocycles. The number of hydrogen-bond donors (Lipinski definition) is 2. The van der Waals surface area contributed by atoms with E-state index >= 15 is 0 Å². The molecule has 0 aliphatic heterocycles. The monoisotopic (exact) mass is 293 g/mol. The summed E-state index contributed by atoms with van der Waals surface area (Å²) < 4.78 is 0. The first kappa shape index (κ1) is 17.2. The van der Waals surface area contributed by atoms with Crippen molar-refractivity contribution >= 4 is 11.7 Å². The van der Waals surface area contributed by atoms with Crippen LogP contribution in [0, 0.1) is 0 Å². The van der Waals surface area contributed by atoms with Crippen molar-refractivity contribution in [1.29, 1.82) is 0 Å². The molecule has 6 nitrogen and oxygen atoms in total. The lowest BCUT2D eigenvalue weighted by Crippen LogP contribution is -2.30. The van der Waals surface area contributed by atoms with E-state index in [0.29, 0.717) is 5.56 Å². The van der Waals surface area contributed by atoms with Crippen molar-refractivity contribution in [2.75, 3.05) is 37.6 Å². The van der Waals surface area contributed by atoms with Gasteiger partial charge in [0, 0.05) is 24.8 Å². The zero-order valence-corrected chi connectivity index (χ0v) is 13.3. The Hall–Kier alpha value is -1.82. The molecular formula is C15H27N5O. The lowest BCUT2D eigenvalue weighted by Gasteiger charge is -2.24. The third-order valence-electron chi connectivity index (χ3n) is 3.65. The molecule has 0 saturated carbocycles. The molecule has 0 amide bonds. The topological polar surface area (TPSA) is 78.0 Å². The van der Waals surface area contributed by atoms with Crippen molar-refractivity contribution < 1.29 is 5.21 Å². The number of aromatic nitrogens is 1. The van der Waals surface area contributed by atoms with Crippen molar-refractivity contribution in [1.82, 2.24) is 9.88 Å². The standard InChI is InChI=1S/C15H27N5O/c1-4-19(5-2)10-7-11-20(6-3)14-9-8-13(12-17-14)15(16)18-21/h8-9,12,21H,4-7,10-11H2,1-3H3,(H2,16,18). The molecule has 1 aromatic heterocycles. The fourth-order valence-electron chi connectivity index (χ4n) is 2.24. The van der Waals surface area contributed by atoms with Crippen LogP contribution in [0.15, 0.2) is 23.5 Å². The number of oxime groups is 1. The molecule has 0 atom stereocenters. The fourth-order valence-corrected chi connectivity index (χ4v) is 2.24. The SMILES string of the molecule is CCN(CC)CCCN(CC)c1ccc(/C(N)=N/O)cn1. The predicted octanol–water partition coefficient (Wildman–Crippen LogP) is 1.73. The number of nitrogens with zero attached hydrogens (tertiary/aromatic N) is 4. The summed E-state index contributed by atoms with van der Waals surface area (Å²) in [5.41, 5.74) is 6.16. The Balaban J connectivity index is 2.59. The highest BCUT2D eigenvalue weighted by Crippen LogP contribution is 2.12. The number of rotatable bonds is 9. The van der Waals surface area contributed by atoms with Gasteiger partial charge in [-0.25, -0.2) is 4.98 Å². The number of hydrogen-bond acceptors (Lipinski definition) is 5. The van der Waals surface area contributed by atoms with Crippen molar-refractivity contribution in [2.45, 2.75) is 27.2 Å². The molecule has 0 fully saturated rings. The van der Waals surface area contributed by atoms with Gasteiger partial charge >= 0.3 is 0 Å². The second-order valence-corrected chi connectivity index (χ2v) is 4.85. The minimum absolute atomic E-state index is 0.0821. The summed E-state index contributed by atoms with van der Waals surface area (Å²) in [4.78, 5) is 9.05. The first-order chi connectivity index (χ1) is 10.2. The maximum Gasteiger partial charge on any atom is 0.171 e. The van der Waals surface area contributed by atoms with Gasteiger partial charge in [-0.15, -0.1) is 0 Å². The second-order valence-electron chi connectivity index (χ2n) is 4.85. The molecule has 3 N–H and O–H groups in total. The molecule has 21 heavy (non-hydrogen) atoms. The maximum atomic E-state index is 8.65. The number of anilines is 1. The van der Waals surface area contributed by atoms with Gasteiger partial charge in [0.05, 0.1) is 0 Å². The van der Waals surface area contributed by atoms with Crippen LogP contribution in [0.3, 0.4) is 0 Å². The van der Waals surface area contributed by atoms with E-state index in [0.717, 1.165) is 45.0 Å². The summed E-state index contributed by atoms with van der Waals surface area (Å²) in [6.07, 6.45) is 2.75. The molecule has 118 valence electrons. The normalized spacial score (nSPS) is 11.9. The van der Waals surface area contributed by atoms with Gasteiger partial charge < -0.3 is 20.7 Å². The van der Waals surface area contributed by atoms with Crippen molar-refractivity contribution in [2.24, 2.45) is 10.9 Å². The molecule has 0 aliphatic rings. The zero-order valence-electron chi connectivity index (χ0n) is 13.3. The van der Waals surface area contributed by atoms with E-state index < -0.39 is 0 Å². The third kappa shape index (κ3) is 5.23. The molecule has 0 aliphatic carbocycles. The van der Waals surface area contributed by atoms with Gasteiger partial charge in [-0.05, 0) is 45.1 Å². The molecular weight excluding hydrogens is 266 g/mol. The van der Waals surface area contributed by atoms with Gasteiger partial charge in [0.15, 0.2) is 5.84 Å². The first-order valence-corrected chi connectivity index (χ1v) is 7.57. The molecule has 0 spiro atoms. The van der Waals surface area contributed by atoms with E-state index in [4.69, 9.17) is 10.9 Å². The van der Waals surface area contributed by atoms with Crippen LogP contribution < -0.4 is 10.6 Å². The van der Waals surface area contributed by atoms with Crippen LogP contribution in [0.5, 0.6) is 0 Å². The molecule has 1 aromatic rings. The van der Waals surface area contributed by atoms with E-state index in [-0.39, 0.29) is 5.84 Å². The largest absolute Gasteiger partial charge is 0.409 e. The second kappa shape index (κ2) is 9.18. The van der Waals surface area contributed by atoms with Crippen LogP contribution in [-0.2, 0) is 0 Å². The Morgan fingerprint density at radius 1 is 1.19 bits per heavy atom. The van der Waals surface area contributed by atoms with E-state index in [1.54, 1.807) is 6.20 Å². The quantitative estimate of drug-likeness (QED) is 0.314. The Morgan fingerprint density at radius 3 is 2.38 bits per heavy atom. The predicted molar refractivity (Wildman–Crippen MR) is 87.0 cm³/mol. The van der Waals surface area contributed by atoms with Crippen LogP contribution in [0.2, 0.25) is 0 Å². The first-order valence-electron chi connectivity index (χ1n) is 7.57. The van der Waals surface area contributed by atoms with Crippen LogP contribution >= 0.6 is 0 Å². The van der Waals surface area contributed by atoms with Gasteiger partial charge in [-0.1, -0.05) is 19.0 Å². The zero-order chi connectivity index (χ0) is 15.7. The highest BCUT2D eigenvalue weighted by Gasteiger charge is 2.08. The molecule has 1 rings (SSSR count). The van der Waals surface area contributed by atoms with Gasteiger partial charge in [0.25, 0.3) is 0 Å². The highest BCUT2D eigenvalue weighted by atomic mass is 16.4. The smallest absolute Gasteiger partial charge is 0.171 e. The van der Waals surface area contributed by atoms with Gasteiger partial charge in [0.2, 0.25) is 0 Å². The van der Waals surface area contributed by atoms with Crippen LogP contribution in [0.1, 0.15) is 32.8 Å². The lowest BCUT2D eigenvalue weighted by atomic mass is 10.2. The number of amidine groups is 1. The van der Waals surface area contributed by atoms with Crippen molar-refractivity contribution in [3.05, 3.63) is 23.9 Å². The minimum atomic E-state index is 0.0821.